The monoisotopic (exact) mass is 474 g/mol. The lowest BCUT2D eigenvalue weighted by atomic mass is 10.1. The van der Waals surface area contributed by atoms with E-state index >= 15 is 0 Å². The van der Waals surface area contributed by atoms with Gasteiger partial charge in [0.15, 0.2) is 5.82 Å². The predicted molar refractivity (Wildman–Crippen MR) is 131 cm³/mol. The molecule has 3 aromatic rings. The molecule has 0 aliphatic rings. The predicted octanol–water partition coefficient (Wildman–Crippen LogP) is 5.61. The van der Waals surface area contributed by atoms with Crippen molar-refractivity contribution in [2.24, 2.45) is 0 Å². The van der Waals surface area contributed by atoms with Gasteiger partial charge in [0.05, 0.1) is 6.04 Å². The van der Waals surface area contributed by atoms with Gasteiger partial charge in [-0.1, -0.05) is 43.4 Å². The highest BCUT2D eigenvalue weighted by Crippen LogP contribution is 2.22. The van der Waals surface area contributed by atoms with Crippen LogP contribution in [0.15, 0.2) is 42.9 Å². The van der Waals surface area contributed by atoms with Gasteiger partial charge in [0.2, 0.25) is 0 Å². The van der Waals surface area contributed by atoms with Crippen LogP contribution in [0.2, 0.25) is 30.7 Å². The number of imidazole rings is 1. The molecule has 8 nitrogen and oxygen atoms in total. The van der Waals surface area contributed by atoms with Crippen LogP contribution in [0.25, 0.3) is 0 Å². The summed E-state index contributed by atoms with van der Waals surface area (Å²) in [5, 5.41) is 10.1. The summed E-state index contributed by atoms with van der Waals surface area (Å²) in [6, 6.07) is 8.52. The Balaban J connectivity index is 1.52. The average molecular weight is 475 g/mol. The van der Waals surface area contributed by atoms with Crippen molar-refractivity contribution >= 4 is 37.2 Å². The lowest BCUT2D eigenvalue weighted by Crippen LogP contribution is -2.22. The maximum absolute atomic E-state index is 12.4. The number of anilines is 2. The fourth-order valence-electron chi connectivity index (χ4n) is 3.16. The van der Waals surface area contributed by atoms with Crippen LogP contribution in [0.5, 0.6) is 0 Å². The SMILES string of the molecule is Cc1nccn1[C@H](C)c1ccc(NC(=O)Nc2nn(COCC[Si](C)(C)C)cc2Cl)cc1. The maximum atomic E-state index is 12.4. The van der Waals surface area contributed by atoms with Crippen LogP contribution < -0.4 is 10.6 Å². The number of hydrogen-bond acceptors (Lipinski definition) is 4. The molecule has 0 aliphatic carbocycles. The Hall–Kier alpha value is -2.62. The zero-order valence-corrected chi connectivity index (χ0v) is 21.0. The first-order valence-electron chi connectivity index (χ1n) is 10.6. The molecule has 10 heteroatoms. The summed E-state index contributed by atoms with van der Waals surface area (Å²) in [5.74, 6) is 1.25. The van der Waals surface area contributed by atoms with Crippen molar-refractivity contribution in [3.8, 4) is 0 Å². The summed E-state index contributed by atoms with van der Waals surface area (Å²) in [6.07, 6.45) is 5.39. The van der Waals surface area contributed by atoms with E-state index in [9.17, 15) is 4.79 Å². The summed E-state index contributed by atoms with van der Waals surface area (Å²) in [7, 11) is -1.14. The minimum Gasteiger partial charge on any atom is -0.360 e. The van der Waals surface area contributed by atoms with Gasteiger partial charge < -0.3 is 14.6 Å². The lowest BCUT2D eigenvalue weighted by Gasteiger charge is -2.16. The molecule has 0 saturated carbocycles. The maximum Gasteiger partial charge on any atom is 0.324 e. The first-order chi connectivity index (χ1) is 15.1. The molecule has 2 heterocycles. The molecule has 172 valence electrons. The minimum absolute atomic E-state index is 0.149. The second-order valence-corrected chi connectivity index (χ2v) is 15.0. The van der Waals surface area contributed by atoms with E-state index in [-0.39, 0.29) is 6.04 Å². The van der Waals surface area contributed by atoms with Crippen LogP contribution in [-0.2, 0) is 11.5 Å². The van der Waals surface area contributed by atoms with Gasteiger partial charge in [0.1, 0.15) is 17.6 Å². The van der Waals surface area contributed by atoms with Gasteiger partial charge in [0.25, 0.3) is 0 Å². The van der Waals surface area contributed by atoms with Gasteiger partial charge in [-0.25, -0.2) is 14.5 Å². The van der Waals surface area contributed by atoms with Crippen LogP contribution in [-0.4, -0.2) is 40.0 Å². The first kappa shape index (κ1) is 24.0. The molecular formula is C22H31ClN6O2Si. The summed E-state index contributed by atoms with van der Waals surface area (Å²) in [5.41, 5.74) is 1.79. The molecule has 0 bridgehead atoms. The molecular weight excluding hydrogens is 444 g/mol. The first-order valence-corrected chi connectivity index (χ1v) is 14.7. The highest BCUT2D eigenvalue weighted by atomic mass is 35.5. The van der Waals surface area contributed by atoms with E-state index in [2.05, 4.69) is 51.8 Å². The highest BCUT2D eigenvalue weighted by molar-refractivity contribution is 6.76. The van der Waals surface area contributed by atoms with Gasteiger partial charge in [0, 0.05) is 39.0 Å². The van der Waals surface area contributed by atoms with Crippen molar-refractivity contribution in [2.75, 3.05) is 17.2 Å². The van der Waals surface area contributed by atoms with Crippen molar-refractivity contribution in [2.45, 2.75) is 52.3 Å². The quantitative estimate of drug-likeness (QED) is 0.312. The zero-order chi connectivity index (χ0) is 23.3. The van der Waals surface area contributed by atoms with E-state index in [1.165, 1.54) is 0 Å². The largest absolute Gasteiger partial charge is 0.360 e. The second-order valence-electron chi connectivity index (χ2n) is 8.97. The van der Waals surface area contributed by atoms with Gasteiger partial charge in [-0.3, -0.25) is 5.32 Å². The number of aryl methyl sites for hydroxylation is 1. The molecule has 0 fully saturated rings. The number of nitrogens with zero attached hydrogens (tertiary/aromatic N) is 4. The Labute approximate surface area is 195 Å². The standard InChI is InChI=1S/C22H31ClN6O2Si/c1-16(29-11-10-24-17(29)2)18-6-8-19(9-7-18)25-22(30)26-21-20(23)14-28(27-21)15-31-12-13-32(3,4)5/h6-11,14,16H,12-13,15H2,1-5H3,(H2,25,26,27,30)/t16-/m1/s1. The Morgan fingerprint density at radius 1 is 1.22 bits per heavy atom. The van der Waals surface area contributed by atoms with Crippen molar-refractivity contribution in [1.29, 1.82) is 0 Å². The lowest BCUT2D eigenvalue weighted by molar-refractivity contribution is 0.0788. The summed E-state index contributed by atoms with van der Waals surface area (Å²) in [6.45, 7) is 12.0. The number of amides is 2. The molecule has 0 unspecified atom stereocenters. The summed E-state index contributed by atoms with van der Waals surface area (Å²) < 4.78 is 9.35. The molecule has 0 aliphatic heterocycles. The number of urea groups is 1. The number of benzene rings is 1. The molecule has 1 atom stereocenters. The Bertz CT molecular complexity index is 1040. The van der Waals surface area contributed by atoms with Crippen molar-refractivity contribution in [1.82, 2.24) is 19.3 Å². The molecule has 3 rings (SSSR count). The Kier molecular flexibility index (Phi) is 7.76. The topological polar surface area (TPSA) is 86.0 Å². The molecule has 2 aromatic heterocycles. The number of halogens is 1. The number of carbonyl (C=O) groups excluding carboxylic acids is 1. The highest BCUT2D eigenvalue weighted by Gasteiger charge is 2.14. The molecule has 0 spiro atoms. The normalized spacial score (nSPS) is 12.6. The van der Waals surface area contributed by atoms with Crippen LogP contribution in [0.3, 0.4) is 0 Å². The van der Waals surface area contributed by atoms with Crippen molar-refractivity contribution in [3.05, 3.63) is 59.3 Å². The number of nitrogens with one attached hydrogen (secondary N) is 2. The Morgan fingerprint density at radius 2 is 1.94 bits per heavy atom. The fraction of sp³-hybridized carbons (Fsp3) is 0.409. The molecule has 1 aromatic carbocycles. The fourth-order valence-corrected chi connectivity index (χ4v) is 4.11. The van der Waals surface area contributed by atoms with E-state index in [4.69, 9.17) is 16.3 Å². The van der Waals surface area contributed by atoms with Gasteiger partial charge >= 0.3 is 6.03 Å². The van der Waals surface area contributed by atoms with Crippen molar-refractivity contribution < 1.29 is 9.53 Å². The van der Waals surface area contributed by atoms with Crippen LogP contribution in [0, 0.1) is 6.92 Å². The molecule has 0 saturated heterocycles. The van der Waals surface area contributed by atoms with Gasteiger partial charge in [-0.15, -0.1) is 0 Å². The van der Waals surface area contributed by atoms with Crippen LogP contribution in [0.4, 0.5) is 16.3 Å². The number of aromatic nitrogens is 4. The van der Waals surface area contributed by atoms with Crippen LogP contribution >= 0.6 is 11.6 Å². The average Bonchev–Trinajstić information content (AvgIpc) is 3.30. The zero-order valence-electron chi connectivity index (χ0n) is 19.2. The summed E-state index contributed by atoms with van der Waals surface area (Å²) >= 11 is 6.21. The van der Waals surface area contributed by atoms with E-state index in [0.717, 1.165) is 17.4 Å². The van der Waals surface area contributed by atoms with E-state index < -0.39 is 14.1 Å². The molecule has 2 N–H and O–H groups in total. The smallest absolute Gasteiger partial charge is 0.324 e. The third kappa shape index (κ3) is 6.69. The van der Waals surface area contributed by atoms with Gasteiger partial charge in [-0.2, -0.15) is 5.10 Å². The van der Waals surface area contributed by atoms with Crippen LogP contribution in [0.1, 0.15) is 24.4 Å². The second kappa shape index (κ2) is 10.3. The Morgan fingerprint density at radius 3 is 2.56 bits per heavy atom. The number of ether oxygens (including phenoxy) is 1. The summed E-state index contributed by atoms with van der Waals surface area (Å²) in [4.78, 5) is 16.7. The third-order valence-electron chi connectivity index (χ3n) is 5.10. The third-order valence-corrected chi connectivity index (χ3v) is 7.08. The molecule has 2 amide bonds. The van der Waals surface area contributed by atoms with E-state index in [1.807, 2.05) is 37.4 Å². The molecule has 0 radical (unpaired) electrons. The minimum atomic E-state index is -1.14. The van der Waals surface area contributed by atoms with Crippen molar-refractivity contribution in [3.63, 3.8) is 0 Å². The van der Waals surface area contributed by atoms with Gasteiger partial charge in [-0.05, 0) is 37.6 Å². The van der Waals surface area contributed by atoms with E-state index in [0.29, 0.717) is 29.9 Å². The number of rotatable bonds is 9. The molecule has 32 heavy (non-hydrogen) atoms. The van der Waals surface area contributed by atoms with E-state index in [1.54, 1.807) is 17.1 Å². The number of hydrogen-bond donors (Lipinski definition) is 2. The number of carbonyl (C=O) groups is 1.